The molecule has 1 aliphatic heterocycles. The van der Waals surface area contributed by atoms with Gasteiger partial charge >= 0.3 is 0 Å². The zero-order chi connectivity index (χ0) is 23.5. The number of carbonyl (C=O) groups excluding carboxylic acids is 2. The Labute approximate surface area is 190 Å². The average Bonchev–Trinajstić information content (AvgIpc) is 2.75. The molecule has 0 atom stereocenters. The van der Waals surface area contributed by atoms with Crippen molar-refractivity contribution in [2.24, 2.45) is 5.92 Å². The highest BCUT2D eigenvalue weighted by Crippen LogP contribution is 2.26. The van der Waals surface area contributed by atoms with E-state index in [9.17, 15) is 18.0 Å². The summed E-state index contributed by atoms with van der Waals surface area (Å²) in [4.78, 5) is 25.6. The van der Waals surface area contributed by atoms with E-state index in [1.165, 1.54) is 4.31 Å². The van der Waals surface area contributed by atoms with E-state index >= 15 is 0 Å². The van der Waals surface area contributed by atoms with Gasteiger partial charge in [-0.05, 0) is 75.9 Å². The second-order valence-corrected chi connectivity index (χ2v) is 10.5. The van der Waals surface area contributed by atoms with Gasteiger partial charge in [0, 0.05) is 25.0 Å². The van der Waals surface area contributed by atoms with Crippen LogP contribution in [0.4, 0.5) is 5.69 Å². The first-order valence-corrected chi connectivity index (χ1v) is 12.3. The third-order valence-electron chi connectivity index (χ3n) is 5.79. The number of benzene rings is 2. The number of carbonyl (C=O) groups is 2. The monoisotopic (exact) mass is 457 g/mol. The summed E-state index contributed by atoms with van der Waals surface area (Å²) in [5.74, 6) is -0.759. The first-order chi connectivity index (χ1) is 15.1. The summed E-state index contributed by atoms with van der Waals surface area (Å²) in [5.41, 5.74) is 2.84. The molecule has 1 heterocycles. The molecule has 3 rings (SSSR count). The van der Waals surface area contributed by atoms with Gasteiger partial charge in [0.2, 0.25) is 15.9 Å². The van der Waals surface area contributed by atoms with Gasteiger partial charge in [0.1, 0.15) is 0 Å². The topological polar surface area (TPSA) is 95.6 Å². The molecule has 1 saturated heterocycles. The summed E-state index contributed by atoms with van der Waals surface area (Å²) in [6, 6.07) is 12.0. The number of amides is 2. The molecule has 1 aliphatic rings. The highest BCUT2D eigenvalue weighted by molar-refractivity contribution is 7.89. The molecule has 1 fully saturated rings. The van der Waals surface area contributed by atoms with Gasteiger partial charge in [0.15, 0.2) is 0 Å². The number of piperidine rings is 1. The highest BCUT2D eigenvalue weighted by Gasteiger charge is 2.32. The van der Waals surface area contributed by atoms with Crippen molar-refractivity contribution in [1.82, 2.24) is 9.62 Å². The molecule has 0 spiro atoms. The normalized spacial score (nSPS) is 15.5. The van der Waals surface area contributed by atoms with Crippen LogP contribution in [0.5, 0.6) is 0 Å². The lowest BCUT2D eigenvalue weighted by molar-refractivity contribution is -0.120. The maximum atomic E-state index is 13.0. The van der Waals surface area contributed by atoms with Crippen molar-refractivity contribution in [3.63, 3.8) is 0 Å². The van der Waals surface area contributed by atoms with Gasteiger partial charge in [-0.25, -0.2) is 8.42 Å². The van der Waals surface area contributed by atoms with Crippen LogP contribution in [0.15, 0.2) is 47.4 Å². The first kappa shape index (κ1) is 23.9. The molecule has 2 aromatic rings. The van der Waals surface area contributed by atoms with Gasteiger partial charge in [-0.3, -0.25) is 9.59 Å². The summed E-state index contributed by atoms with van der Waals surface area (Å²) in [5, 5.41) is 5.70. The lowest BCUT2D eigenvalue weighted by Crippen LogP contribution is -2.41. The quantitative estimate of drug-likeness (QED) is 0.694. The SMILES string of the molecule is Cc1ccc(S(=O)(=O)N2CCC(C(=O)Nc3ccccc3C(=O)NC(C)C)CC2)cc1C. The minimum absolute atomic E-state index is 0.0187. The van der Waals surface area contributed by atoms with Gasteiger partial charge in [0.25, 0.3) is 5.91 Å². The Bertz CT molecular complexity index is 1100. The Morgan fingerprint density at radius 1 is 1.00 bits per heavy atom. The Kier molecular flexibility index (Phi) is 7.36. The standard InChI is InChI=1S/C24H31N3O4S/c1-16(2)25-24(29)21-7-5-6-8-22(21)26-23(28)19-11-13-27(14-12-19)32(30,31)20-10-9-17(3)18(4)15-20/h5-10,15-16,19H,11-14H2,1-4H3,(H,25,29)(H,26,28). The Morgan fingerprint density at radius 2 is 1.66 bits per heavy atom. The second-order valence-electron chi connectivity index (χ2n) is 8.59. The predicted molar refractivity (Wildman–Crippen MR) is 125 cm³/mol. The fourth-order valence-electron chi connectivity index (χ4n) is 3.75. The molecule has 7 nitrogen and oxygen atoms in total. The van der Waals surface area contributed by atoms with E-state index in [0.29, 0.717) is 24.1 Å². The van der Waals surface area contributed by atoms with Crippen LogP contribution < -0.4 is 10.6 Å². The van der Waals surface area contributed by atoms with Gasteiger partial charge in [0.05, 0.1) is 16.1 Å². The van der Waals surface area contributed by atoms with Crippen LogP contribution in [0.25, 0.3) is 0 Å². The molecule has 2 N–H and O–H groups in total. The number of hydrogen-bond donors (Lipinski definition) is 2. The van der Waals surface area contributed by atoms with E-state index in [4.69, 9.17) is 0 Å². The Balaban J connectivity index is 1.65. The largest absolute Gasteiger partial charge is 0.350 e. The third kappa shape index (κ3) is 5.37. The van der Waals surface area contributed by atoms with Gasteiger partial charge in [-0.1, -0.05) is 18.2 Å². The number of aryl methyl sites for hydroxylation is 2. The first-order valence-electron chi connectivity index (χ1n) is 10.9. The maximum absolute atomic E-state index is 13.0. The third-order valence-corrected chi connectivity index (χ3v) is 7.68. The van der Waals surface area contributed by atoms with E-state index in [1.54, 1.807) is 36.4 Å². The second kappa shape index (κ2) is 9.83. The van der Waals surface area contributed by atoms with Crippen LogP contribution in [-0.2, 0) is 14.8 Å². The van der Waals surface area contributed by atoms with Gasteiger partial charge in [-0.15, -0.1) is 0 Å². The average molecular weight is 458 g/mol. The summed E-state index contributed by atoms with van der Waals surface area (Å²) in [6.45, 7) is 8.15. The lowest BCUT2D eigenvalue weighted by atomic mass is 9.97. The Hall–Kier alpha value is -2.71. The van der Waals surface area contributed by atoms with E-state index in [0.717, 1.165) is 11.1 Å². The van der Waals surface area contributed by atoms with E-state index in [2.05, 4.69) is 10.6 Å². The Morgan fingerprint density at radius 3 is 2.28 bits per heavy atom. The fourth-order valence-corrected chi connectivity index (χ4v) is 5.30. The molecule has 2 amide bonds. The molecule has 0 saturated carbocycles. The molecule has 32 heavy (non-hydrogen) atoms. The van der Waals surface area contributed by atoms with Crippen LogP contribution in [-0.4, -0.2) is 43.7 Å². The molecule has 0 aliphatic carbocycles. The van der Waals surface area contributed by atoms with Crippen molar-refractivity contribution < 1.29 is 18.0 Å². The molecule has 2 aromatic carbocycles. The van der Waals surface area contributed by atoms with Crippen molar-refractivity contribution in [3.8, 4) is 0 Å². The van der Waals surface area contributed by atoms with Gasteiger partial charge < -0.3 is 10.6 Å². The predicted octanol–water partition coefficient (Wildman–Crippen LogP) is 3.48. The number of nitrogens with zero attached hydrogens (tertiary/aromatic N) is 1. The minimum Gasteiger partial charge on any atom is -0.350 e. The smallest absolute Gasteiger partial charge is 0.253 e. The summed E-state index contributed by atoms with van der Waals surface area (Å²) in [7, 11) is -3.59. The number of anilines is 1. The van der Waals surface area contributed by atoms with Crippen molar-refractivity contribution in [2.75, 3.05) is 18.4 Å². The van der Waals surface area contributed by atoms with Crippen LogP contribution in [0.2, 0.25) is 0 Å². The molecule has 0 bridgehead atoms. The summed E-state index contributed by atoms with van der Waals surface area (Å²) < 4.78 is 27.5. The van der Waals surface area contributed by atoms with Crippen molar-refractivity contribution in [1.29, 1.82) is 0 Å². The molecule has 8 heteroatoms. The number of para-hydroxylation sites is 1. The van der Waals surface area contributed by atoms with Crippen LogP contribution in [0.1, 0.15) is 48.2 Å². The molecular formula is C24H31N3O4S. The zero-order valence-corrected chi connectivity index (χ0v) is 19.8. The molecule has 172 valence electrons. The van der Waals surface area contributed by atoms with Gasteiger partial charge in [-0.2, -0.15) is 4.31 Å². The van der Waals surface area contributed by atoms with Crippen molar-refractivity contribution in [3.05, 3.63) is 59.2 Å². The van der Waals surface area contributed by atoms with Crippen LogP contribution in [0.3, 0.4) is 0 Å². The number of nitrogens with one attached hydrogen (secondary N) is 2. The maximum Gasteiger partial charge on any atom is 0.253 e. The highest BCUT2D eigenvalue weighted by atomic mass is 32.2. The number of hydrogen-bond acceptors (Lipinski definition) is 4. The van der Waals surface area contributed by atoms with Crippen molar-refractivity contribution in [2.45, 2.75) is 51.5 Å². The number of rotatable bonds is 6. The molecule has 0 radical (unpaired) electrons. The fraction of sp³-hybridized carbons (Fsp3) is 0.417. The number of sulfonamides is 1. The molecule has 0 aromatic heterocycles. The molecular weight excluding hydrogens is 426 g/mol. The molecule has 0 unspecified atom stereocenters. The van der Waals surface area contributed by atoms with Crippen LogP contribution >= 0.6 is 0 Å². The lowest BCUT2D eigenvalue weighted by Gasteiger charge is -2.30. The van der Waals surface area contributed by atoms with E-state index in [-0.39, 0.29) is 41.8 Å². The van der Waals surface area contributed by atoms with E-state index < -0.39 is 10.0 Å². The minimum atomic E-state index is -3.59. The summed E-state index contributed by atoms with van der Waals surface area (Å²) >= 11 is 0. The summed E-state index contributed by atoms with van der Waals surface area (Å²) in [6.07, 6.45) is 0.854. The zero-order valence-electron chi connectivity index (χ0n) is 19.0. The van der Waals surface area contributed by atoms with Crippen molar-refractivity contribution >= 4 is 27.5 Å². The van der Waals surface area contributed by atoms with Crippen LogP contribution in [0, 0.1) is 19.8 Å². The van der Waals surface area contributed by atoms with E-state index in [1.807, 2.05) is 33.8 Å².